The summed E-state index contributed by atoms with van der Waals surface area (Å²) < 4.78 is 24.4. The van der Waals surface area contributed by atoms with Gasteiger partial charge in [-0.15, -0.1) is 0 Å². The summed E-state index contributed by atoms with van der Waals surface area (Å²) in [5.74, 6) is 0.0994. The summed E-state index contributed by atoms with van der Waals surface area (Å²) in [6, 6.07) is 6.54. The number of aliphatic hydroxyl groups is 1. The highest BCUT2D eigenvalue weighted by Crippen LogP contribution is 2.26. The Balaban J connectivity index is 1.61. The largest absolute Gasteiger partial charge is 0.490 e. The van der Waals surface area contributed by atoms with Crippen molar-refractivity contribution in [1.29, 1.82) is 0 Å². The number of halogens is 1. The van der Waals surface area contributed by atoms with E-state index in [1.807, 2.05) is 0 Å². The maximum atomic E-state index is 13.2. The molecule has 0 radical (unpaired) electrons. The first-order chi connectivity index (χ1) is 11.1. The first kappa shape index (κ1) is 16.7. The molecule has 0 amide bonds. The normalized spacial score (nSPS) is 27.6. The predicted molar refractivity (Wildman–Crippen MR) is 86.1 cm³/mol. The van der Waals surface area contributed by atoms with Crippen molar-refractivity contribution in [1.82, 2.24) is 4.90 Å². The molecule has 1 saturated heterocycles. The number of β-amino-alcohol motifs (C(OH)–C–C–N with tert-alkyl or cyclic N) is 1. The monoisotopic (exact) mass is 323 g/mol. The fourth-order valence-electron chi connectivity index (χ4n) is 3.57. The summed E-state index contributed by atoms with van der Waals surface area (Å²) in [6.07, 6.45) is 6.23. The number of hydrogen-bond acceptors (Lipinski definition) is 4. The van der Waals surface area contributed by atoms with Gasteiger partial charge >= 0.3 is 0 Å². The SMILES string of the molecule is O[C@]1(COc2cccc(F)c2)COCCN(C2CCCCC2)C1. The molecule has 23 heavy (non-hydrogen) atoms. The Bertz CT molecular complexity index is 507. The van der Waals surface area contributed by atoms with Gasteiger partial charge in [0.15, 0.2) is 0 Å². The molecule has 1 atom stereocenters. The average Bonchev–Trinajstić information content (AvgIpc) is 2.76. The molecular weight excluding hydrogens is 297 g/mol. The molecule has 1 aromatic rings. The molecular formula is C18H26FNO3. The van der Waals surface area contributed by atoms with Gasteiger partial charge in [-0.1, -0.05) is 25.3 Å². The fourth-order valence-corrected chi connectivity index (χ4v) is 3.57. The summed E-state index contributed by atoms with van der Waals surface area (Å²) in [6.45, 7) is 2.41. The van der Waals surface area contributed by atoms with Crippen molar-refractivity contribution in [3.05, 3.63) is 30.1 Å². The highest BCUT2D eigenvalue weighted by Gasteiger charge is 2.36. The zero-order chi connectivity index (χ0) is 16.1. The number of rotatable bonds is 4. The Morgan fingerprint density at radius 2 is 2.13 bits per heavy atom. The fraction of sp³-hybridized carbons (Fsp3) is 0.667. The van der Waals surface area contributed by atoms with Gasteiger partial charge in [0.1, 0.15) is 23.8 Å². The second-order valence-corrected chi connectivity index (χ2v) is 6.79. The third-order valence-electron chi connectivity index (χ3n) is 4.79. The standard InChI is InChI=1S/C18H26FNO3/c19-15-5-4-8-17(11-15)23-14-18(21)12-20(9-10-22-13-18)16-6-2-1-3-7-16/h4-5,8,11,16,21H,1-3,6-7,9-10,12-14H2/t18-/m0/s1. The molecule has 0 bridgehead atoms. The van der Waals surface area contributed by atoms with E-state index in [1.165, 1.54) is 44.2 Å². The Morgan fingerprint density at radius 1 is 1.30 bits per heavy atom. The van der Waals surface area contributed by atoms with Gasteiger partial charge in [-0.2, -0.15) is 0 Å². The lowest BCUT2D eigenvalue weighted by Crippen LogP contribution is -2.51. The number of hydrogen-bond donors (Lipinski definition) is 1. The molecule has 1 heterocycles. The van der Waals surface area contributed by atoms with Crippen molar-refractivity contribution in [2.45, 2.75) is 43.7 Å². The van der Waals surface area contributed by atoms with E-state index >= 15 is 0 Å². The van der Waals surface area contributed by atoms with Gasteiger partial charge in [0.2, 0.25) is 0 Å². The quantitative estimate of drug-likeness (QED) is 0.925. The zero-order valence-electron chi connectivity index (χ0n) is 13.5. The topological polar surface area (TPSA) is 41.9 Å². The van der Waals surface area contributed by atoms with Gasteiger partial charge < -0.3 is 14.6 Å². The van der Waals surface area contributed by atoms with Gasteiger partial charge in [0.05, 0.1) is 13.2 Å². The molecule has 1 N–H and O–H groups in total. The van der Waals surface area contributed by atoms with Crippen molar-refractivity contribution in [3.8, 4) is 5.75 Å². The van der Waals surface area contributed by atoms with Crippen LogP contribution in [0, 0.1) is 5.82 Å². The molecule has 1 aromatic carbocycles. The van der Waals surface area contributed by atoms with Gasteiger partial charge in [-0.05, 0) is 25.0 Å². The van der Waals surface area contributed by atoms with E-state index in [9.17, 15) is 9.50 Å². The molecule has 4 nitrogen and oxygen atoms in total. The van der Waals surface area contributed by atoms with Gasteiger partial charge in [-0.3, -0.25) is 4.90 Å². The lowest BCUT2D eigenvalue weighted by atomic mass is 9.93. The van der Waals surface area contributed by atoms with Crippen LogP contribution < -0.4 is 4.74 Å². The first-order valence-electron chi connectivity index (χ1n) is 8.57. The molecule has 2 fully saturated rings. The molecule has 0 spiro atoms. The number of nitrogens with zero attached hydrogens (tertiary/aromatic N) is 1. The zero-order valence-corrected chi connectivity index (χ0v) is 13.5. The third-order valence-corrected chi connectivity index (χ3v) is 4.79. The van der Waals surface area contributed by atoms with Gasteiger partial charge in [-0.25, -0.2) is 4.39 Å². The van der Waals surface area contributed by atoms with Crippen LogP contribution in [0.4, 0.5) is 4.39 Å². The highest BCUT2D eigenvalue weighted by molar-refractivity contribution is 5.22. The van der Waals surface area contributed by atoms with Crippen LogP contribution in [0.5, 0.6) is 5.75 Å². The van der Waals surface area contributed by atoms with Crippen LogP contribution in [0.15, 0.2) is 24.3 Å². The van der Waals surface area contributed by atoms with E-state index in [2.05, 4.69) is 4.90 Å². The summed E-state index contributed by atoms with van der Waals surface area (Å²) >= 11 is 0. The number of benzene rings is 1. The Morgan fingerprint density at radius 3 is 2.91 bits per heavy atom. The van der Waals surface area contributed by atoms with Crippen molar-refractivity contribution < 1.29 is 19.0 Å². The lowest BCUT2D eigenvalue weighted by Gasteiger charge is -2.37. The lowest BCUT2D eigenvalue weighted by molar-refractivity contribution is -0.0682. The maximum absolute atomic E-state index is 13.2. The molecule has 0 aromatic heterocycles. The minimum Gasteiger partial charge on any atom is -0.490 e. The second-order valence-electron chi connectivity index (χ2n) is 6.79. The molecule has 0 unspecified atom stereocenters. The number of ether oxygens (including phenoxy) is 2. The van der Waals surface area contributed by atoms with E-state index in [1.54, 1.807) is 12.1 Å². The summed E-state index contributed by atoms with van der Waals surface area (Å²) in [5, 5.41) is 10.9. The van der Waals surface area contributed by atoms with Crippen molar-refractivity contribution in [2.24, 2.45) is 0 Å². The summed E-state index contributed by atoms with van der Waals surface area (Å²) in [5.41, 5.74) is -1.06. The van der Waals surface area contributed by atoms with Crippen LogP contribution in [0.1, 0.15) is 32.1 Å². The molecule has 1 saturated carbocycles. The molecule has 1 aliphatic heterocycles. The molecule has 3 rings (SSSR count). The summed E-state index contributed by atoms with van der Waals surface area (Å²) in [4.78, 5) is 2.35. The highest BCUT2D eigenvalue weighted by atomic mass is 19.1. The van der Waals surface area contributed by atoms with Crippen molar-refractivity contribution in [2.75, 3.05) is 32.9 Å². The van der Waals surface area contributed by atoms with Crippen LogP contribution in [0.2, 0.25) is 0 Å². The van der Waals surface area contributed by atoms with Crippen LogP contribution in [-0.2, 0) is 4.74 Å². The molecule has 2 aliphatic rings. The average molecular weight is 323 g/mol. The van der Waals surface area contributed by atoms with E-state index in [0.717, 1.165) is 6.54 Å². The van der Waals surface area contributed by atoms with E-state index in [-0.39, 0.29) is 19.0 Å². The predicted octanol–water partition coefficient (Wildman–Crippen LogP) is 2.60. The van der Waals surface area contributed by atoms with E-state index in [0.29, 0.717) is 24.9 Å². The second kappa shape index (κ2) is 7.60. The molecule has 5 heteroatoms. The van der Waals surface area contributed by atoms with Gasteiger partial charge in [0.25, 0.3) is 0 Å². The Kier molecular flexibility index (Phi) is 5.51. The van der Waals surface area contributed by atoms with E-state index < -0.39 is 5.60 Å². The molecule has 128 valence electrons. The third kappa shape index (κ3) is 4.66. The Hall–Kier alpha value is -1.17. The smallest absolute Gasteiger partial charge is 0.134 e. The minimum atomic E-state index is -1.06. The first-order valence-corrected chi connectivity index (χ1v) is 8.57. The van der Waals surface area contributed by atoms with Crippen LogP contribution >= 0.6 is 0 Å². The van der Waals surface area contributed by atoms with Crippen LogP contribution in [0.3, 0.4) is 0 Å². The van der Waals surface area contributed by atoms with E-state index in [4.69, 9.17) is 9.47 Å². The van der Waals surface area contributed by atoms with Crippen LogP contribution in [0.25, 0.3) is 0 Å². The van der Waals surface area contributed by atoms with Crippen LogP contribution in [-0.4, -0.2) is 54.6 Å². The van der Waals surface area contributed by atoms with Crippen molar-refractivity contribution >= 4 is 0 Å². The minimum absolute atomic E-state index is 0.111. The molecule has 1 aliphatic carbocycles. The summed E-state index contributed by atoms with van der Waals surface area (Å²) in [7, 11) is 0. The van der Waals surface area contributed by atoms with Crippen molar-refractivity contribution in [3.63, 3.8) is 0 Å². The maximum Gasteiger partial charge on any atom is 0.134 e. The Labute approximate surface area is 137 Å². The van der Waals surface area contributed by atoms with Gasteiger partial charge in [0, 0.05) is 25.2 Å².